The van der Waals surface area contributed by atoms with E-state index in [0.29, 0.717) is 12.0 Å². The predicted octanol–water partition coefficient (Wildman–Crippen LogP) is 4.44. The molecule has 2 nitrogen and oxygen atoms in total. The smallest absolute Gasteiger partial charge is 0.127 e. The minimum atomic E-state index is 0.356. The number of hydrogen-bond acceptors (Lipinski definition) is 2. The molecule has 0 unspecified atom stereocenters. The summed E-state index contributed by atoms with van der Waals surface area (Å²) in [6.45, 7) is 6.74. The Morgan fingerprint density at radius 1 is 1.10 bits per heavy atom. The van der Waals surface area contributed by atoms with Gasteiger partial charge in [-0.3, -0.25) is 0 Å². The molecular formula is C19H25NO. The molecule has 2 aromatic rings. The SMILES string of the molecule is CC(C)c1ccc2cccc(OC3CCN(C)CC3)c2c1. The first-order chi connectivity index (χ1) is 10.1. The Labute approximate surface area is 127 Å². The van der Waals surface area contributed by atoms with Gasteiger partial charge in [0.05, 0.1) is 0 Å². The lowest BCUT2D eigenvalue weighted by Crippen LogP contribution is -2.35. The normalized spacial score (nSPS) is 17.5. The Bertz CT molecular complexity index is 612. The van der Waals surface area contributed by atoms with Crippen molar-refractivity contribution in [2.24, 2.45) is 0 Å². The molecule has 0 spiro atoms. The van der Waals surface area contributed by atoms with Gasteiger partial charge in [-0.25, -0.2) is 0 Å². The average Bonchev–Trinajstić information content (AvgIpc) is 2.49. The number of hydrogen-bond donors (Lipinski definition) is 0. The summed E-state index contributed by atoms with van der Waals surface area (Å²) >= 11 is 0. The van der Waals surface area contributed by atoms with Gasteiger partial charge < -0.3 is 9.64 Å². The second kappa shape index (κ2) is 6.07. The molecule has 1 aliphatic rings. The third-order valence-electron chi connectivity index (χ3n) is 4.49. The van der Waals surface area contributed by atoms with E-state index in [9.17, 15) is 0 Å². The van der Waals surface area contributed by atoms with Gasteiger partial charge in [0.15, 0.2) is 0 Å². The van der Waals surface area contributed by atoms with Crippen molar-refractivity contribution in [2.75, 3.05) is 20.1 Å². The quantitative estimate of drug-likeness (QED) is 0.826. The lowest BCUT2D eigenvalue weighted by molar-refractivity contribution is 0.116. The summed E-state index contributed by atoms with van der Waals surface area (Å²) in [6.07, 6.45) is 2.60. The maximum atomic E-state index is 6.32. The van der Waals surface area contributed by atoms with Crippen LogP contribution in [0.15, 0.2) is 36.4 Å². The fourth-order valence-electron chi connectivity index (χ4n) is 3.01. The first kappa shape index (κ1) is 14.4. The van der Waals surface area contributed by atoms with E-state index in [2.05, 4.69) is 62.2 Å². The van der Waals surface area contributed by atoms with Gasteiger partial charge in [-0.15, -0.1) is 0 Å². The summed E-state index contributed by atoms with van der Waals surface area (Å²) in [4.78, 5) is 2.37. The van der Waals surface area contributed by atoms with Gasteiger partial charge in [0.2, 0.25) is 0 Å². The highest BCUT2D eigenvalue weighted by Crippen LogP contribution is 2.30. The molecule has 0 amide bonds. The largest absolute Gasteiger partial charge is 0.490 e. The molecule has 0 aliphatic carbocycles. The maximum Gasteiger partial charge on any atom is 0.127 e. The van der Waals surface area contributed by atoms with Crippen molar-refractivity contribution in [1.82, 2.24) is 4.90 Å². The molecule has 2 aromatic carbocycles. The molecule has 0 aromatic heterocycles. The number of likely N-dealkylation sites (tertiary alicyclic amines) is 1. The second-order valence-corrected chi connectivity index (χ2v) is 6.51. The van der Waals surface area contributed by atoms with Crippen molar-refractivity contribution < 1.29 is 4.74 Å². The number of ether oxygens (including phenoxy) is 1. The highest BCUT2D eigenvalue weighted by molar-refractivity contribution is 5.89. The Morgan fingerprint density at radius 3 is 2.57 bits per heavy atom. The Kier molecular flexibility index (Phi) is 4.16. The molecule has 0 radical (unpaired) electrons. The summed E-state index contributed by atoms with van der Waals surface area (Å²) in [6, 6.07) is 13.1. The third kappa shape index (κ3) is 3.21. The van der Waals surface area contributed by atoms with Crippen molar-refractivity contribution in [1.29, 1.82) is 0 Å². The second-order valence-electron chi connectivity index (χ2n) is 6.51. The van der Waals surface area contributed by atoms with Gasteiger partial charge in [0.1, 0.15) is 11.9 Å². The highest BCUT2D eigenvalue weighted by atomic mass is 16.5. The maximum absolute atomic E-state index is 6.32. The minimum absolute atomic E-state index is 0.356. The summed E-state index contributed by atoms with van der Waals surface area (Å²) in [5.41, 5.74) is 1.38. The molecule has 1 heterocycles. The monoisotopic (exact) mass is 283 g/mol. The number of benzene rings is 2. The first-order valence-electron chi connectivity index (χ1n) is 8.01. The zero-order valence-corrected chi connectivity index (χ0v) is 13.3. The van der Waals surface area contributed by atoms with E-state index in [4.69, 9.17) is 4.74 Å². The van der Waals surface area contributed by atoms with Gasteiger partial charge in [-0.2, -0.15) is 0 Å². The molecule has 21 heavy (non-hydrogen) atoms. The van der Waals surface area contributed by atoms with E-state index < -0.39 is 0 Å². The average molecular weight is 283 g/mol. The Morgan fingerprint density at radius 2 is 1.86 bits per heavy atom. The van der Waals surface area contributed by atoms with Crippen LogP contribution in [0.25, 0.3) is 10.8 Å². The van der Waals surface area contributed by atoms with Crippen molar-refractivity contribution in [3.8, 4) is 5.75 Å². The molecule has 1 saturated heterocycles. The summed E-state index contributed by atoms with van der Waals surface area (Å²) in [5, 5.41) is 2.52. The van der Waals surface area contributed by atoms with Crippen LogP contribution in [0.5, 0.6) is 5.75 Å². The van der Waals surface area contributed by atoms with E-state index in [-0.39, 0.29) is 0 Å². The van der Waals surface area contributed by atoms with E-state index >= 15 is 0 Å². The standard InChI is InChI=1S/C19H25NO/c1-14(2)16-8-7-15-5-4-6-19(18(15)13-16)21-17-9-11-20(3)12-10-17/h4-8,13-14,17H,9-12H2,1-3H3. The Hall–Kier alpha value is -1.54. The van der Waals surface area contributed by atoms with Crippen molar-refractivity contribution in [3.05, 3.63) is 42.0 Å². The molecule has 1 fully saturated rings. The number of piperidine rings is 1. The molecule has 1 aliphatic heterocycles. The van der Waals surface area contributed by atoms with E-state index in [0.717, 1.165) is 31.7 Å². The fourth-order valence-corrected chi connectivity index (χ4v) is 3.01. The summed E-state index contributed by atoms with van der Waals surface area (Å²) in [7, 11) is 2.18. The molecule has 0 bridgehead atoms. The molecular weight excluding hydrogens is 258 g/mol. The van der Waals surface area contributed by atoms with Gasteiger partial charge >= 0.3 is 0 Å². The molecule has 112 valence electrons. The van der Waals surface area contributed by atoms with Crippen molar-refractivity contribution >= 4 is 10.8 Å². The Balaban J connectivity index is 1.88. The predicted molar refractivity (Wildman–Crippen MR) is 89.2 cm³/mol. The van der Waals surface area contributed by atoms with Crippen LogP contribution in [0.3, 0.4) is 0 Å². The van der Waals surface area contributed by atoms with Crippen molar-refractivity contribution in [2.45, 2.75) is 38.7 Å². The van der Waals surface area contributed by atoms with Crippen LogP contribution in [-0.2, 0) is 0 Å². The van der Waals surface area contributed by atoms with Crippen LogP contribution < -0.4 is 4.74 Å². The van der Waals surface area contributed by atoms with Crippen LogP contribution in [0, 0.1) is 0 Å². The first-order valence-corrected chi connectivity index (χ1v) is 8.01. The van der Waals surface area contributed by atoms with Crippen molar-refractivity contribution in [3.63, 3.8) is 0 Å². The third-order valence-corrected chi connectivity index (χ3v) is 4.49. The fraction of sp³-hybridized carbons (Fsp3) is 0.474. The molecule has 0 atom stereocenters. The lowest BCUT2D eigenvalue weighted by Gasteiger charge is -2.29. The van der Waals surface area contributed by atoms with Crippen LogP contribution >= 0.6 is 0 Å². The zero-order valence-electron chi connectivity index (χ0n) is 13.3. The van der Waals surface area contributed by atoms with Crippen LogP contribution in [0.2, 0.25) is 0 Å². The number of rotatable bonds is 3. The molecule has 2 heteroatoms. The highest BCUT2D eigenvalue weighted by Gasteiger charge is 2.18. The van der Waals surface area contributed by atoms with Crippen LogP contribution in [0.4, 0.5) is 0 Å². The molecule has 3 rings (SSSR count). The van der Waals surface area contributed by atoms with E-state index in [1.807, 2.05) is 0 Å². The zero-order chi connectivity index (χ0) is 14.8. The number of nitrogens with zero attached hydrogens (tertiary/aromatic N) is 1. The van der Waals surface area contributed by atoms with Gasteiger partial charge in [0, 0.05) is 18.5 Å². The van der Waals surface area contributed by atoms with Crippen LogP contribution in [-0.4, -0.2) is 31.1 Å². The van der Waals surface area contributed by atoms with Gasteiger partial charge in [-0.1, -0.05) is 38.1 Å². The topological polar surface area (TPSA) is 12.5 Å². The lowest BCUT2D eigenvalue weighted by atomic mass is 9.99. The van der Waals surface area contributed by atoms with Gasteiger partial charge in [-0.05, 0) is 48.9 Å². The molecule has 0 N–H and O–H groups in total. The van der Waals surface area contributed by atoms with E-state index in [1.165, 1.54) is 16.3 Å². The number of fused-ring (bicyclic) bond motifs is 1. The van der Waals surface area contributed by atoms with Crippen LogP contribution in [0.1, 0.15) is 38.2 Å². The summed E-state index contributed by atoms with van der Waals surface area (Å²) < 4.78 is 6.32. The minimum Gasteiger partial charge on any atom is -0.490 e. The summed E-state index contributed by atoms with van der Waals surface area (Å²) in [5.74, 6) is 1.59. The van der Waals surface area contributed by atoms with E-state index in [1.54, 1.807) is 0 Å². The van der Waals surface area contributed by atoms with Gasteiger partial charge in [0.25, 0.3) is 0 Å². The molecule has 0 saturated carbocycles.